The third-order valence-corrected chi connectivity index (χ3v) is 4.33. The topological polar surface area (TPSA) is 64.6 Å². The number of aryl methyl sites for hydroxylation is 1. The normalized spacial score (nSPS) is 10.3. The van der Waals surface area contributed by atoms with Crippen molar-refractivity contribution in [2.24, 2.45) is 0 Å². The van der Waals surface area contributed by atoms with E-state index >= 15 is 0 Å². The van der Waals surface area contributed by atoms with Gasteiger partial charge < -0.3 is 14.8 Å². The zero-order valence-electron chi connectivity index (χ0n) is 14.3. The lowest BCUT2D eigenvalue weighted by Gasteiger charge is -2.09. The van der Waals surface area contributed by atoms with E-state index < -0.39 is 5.97 Å². The molecule has 24 heavy (non-hydrogen) atoms. The van der Waals surface area contributed by atoms with Gasteiger partial charge in [0, 0.05) is 17.4 Å². The minimum atomic E-state index is -0.436. The zero-order valence-corrected chi connectivity index (χ0v) is 15.1. The number of hydrogen-bond donors (Lipinski definition) is 1. The molecule has 0 aliphatic rings. The van der Waals surface area contributed by atoms with Crippen LogP contribution < -0.4 is 10.1 Å². The SMILES string of the molecule is CCOC(=O)c1c(NC(C)=O)sc(C)c1-c1ccc(OCC)cc1. The summed E-state index contributed by atoms with van der Waals surface area (Å²) in [5.74, 6) is 0.114. The largest absolute Gasteiger partial charge is 0.494 e. The monoisotopic (exact) mass is 347 g/mol. The quantitative estimate of drug-likeness (QED) is 0.793. The van der Waals surface area contributed by atoms with Gasteiger partial charge in [-0.1, -0.05) is 12.1 Å². The summed E-state index contributed by atoms with van der Waals surface area (Å²) in [5.41, 5.74) is 2.07. The van der Waals surface area contributed by atoms with E-state index in [1.54, 1.807) is 6.92 Å². The van der Waals surface area contributed by atoms with E-state index in [1.165, 1.54) is 18.3 Å². The molecule has 0 fully saturated rings. The highest BCUT2D eigenvalue weighted by molar-refractivity contribution is 7.17. The van der Waals surface area contributed by atoms with E-state index in [9.17, 15) is 9.59 Å². The fourth-order valence-electron chi connectivity index (χ4n) is 2.42. The molecule has 0 bridgehead atoms. The van der Waals surface area contributed by atoms with Gasteiger partial charge >= 0.3 is 5.97 Å². The second-order valence-electron chi connectivity index (χ2n) is 5.10. The molecule has 5 nitrogen and oxygen atoms in total. The molecule has 1 amide bonds. The van der Waals surface area contributed by atoms with Gasteiger partial charge in [0.2, 0.25) is 5.91 Å². The zero-order chi connectivity index (χ0) is 17.7. The van der Waals surface area contributed by atoms with Crippen molar-refractivity contribution in [3.8, 4) is 16.9 Å². The van der Waals surface area contributed by atoms with Gasteiger partial charge in [0.05, 0.1) is 13.2 Å². The molecule has 6 heteroatoms. The van der Waals surface area contributed by atoms with Gasteiger partial charge in [-0.3, -0.25) is 4.79 Å². The average molecular weight is 347 g/mol. The Bertz CT molecular complexity index is 734. The fourth-order valence-corrected chi connectivity index (χ4v) is 3.53. The highest BCUT2D eigenvalue weighted by Crippen LogP contribution is 2.40. The molecule has 0 saturated heterocycles. The fraction of sp³-hybridized carbons (Fsp3) is 0.333. The van der Waals surface area contributed by atoms with E-state index in [1.807, 2.05) is 38.1 Å². The van der Waals surface area contributed by atoms with E-state index in [-0.39, 0.29) is 12.5 Å². The van der Waals surface area contributed by atoms with Crippen LogP contribution in [0.2, 0.25) is 0 Å². The Morgan fingerprint density at radius 1 is 1.12 bits per heavy atom. The predicted octanol–water partition coefficient (Wildman–Crippen LogP) is 4.26. The lowest BCUT2D eigenvalue weighted by Crippen LogP contribution is -2.11. The van der Waals surface area contributed by atoms with Gasteiger partial charge in [-0.15, -0.1) is 11.3 Å². The van der Waals surface area contributed by atoms with Crippen LogP contribution in [0.1, 0.15) is 36.0 Å². The van der Waals surface area contributed by atoms with E-state index in [2.05, 4.69) is 5.32 Å². The molecule has 1 N–H and O–H groups in total. The number of nitrogens with one attached hydrogen (secondary N) is 1. The van der Waals surface area contributed by atoms with Crippen molar-refractivity contribution in [2.75, 3.05) is 18.5 Å². The smallest absolute Gasteiger partial charge is 0.341 e. The van der Waals surface area contributed by atoms with E-state index in [0.29, 0.717) is 17.2 Å². The van der Waals surface area contributed by atoms with Crippen LogP contribution >= 0.6 is 11.3 Å². The van der Waals surface area contributed by atoms with Crippen LogP contribution in [0.25, 0.3) is 11.1 Å². The summed E-state index contributed by atoms with van der Waals surface area (Å²) in [5, 5.41) is 3.25. The first-order valence-corrected chi connectivity index (χ1v) is 8.60. The van der Waals surface area contributed by atoms with Crippen molar-refractivity contribution < 1.29 is 19.1 Å². The number of anilines is 1. The van der Waals surface area contributed by atoms with E-state index in [0.717, 1.165) is 21.8 Å². The number of esters is 1. The molecule has 0 aliphatic heterocycles. The summed E-state index contributed by atoms with van der Waals surface area (Å²) in [7, 11) is 0. The first kappa shape index (κ1) is 18.0. The Morgan fingerprint density at radius 2 is 1.79 bits per heavy atom. The summed E-state index contributed by atoms with van der Waals surface area (Å²) >= 11 is 1.37. The van der Waals surface area contributed by atoms with Crippen LogP contribution in [0.15, 0.2) is 24.3 Å². The van der Waals surface area contributed by atoms with Crippen molar-refractivity contribution in [3.05, 3.63) is 34.7 Å². The summed E-state index contributed by atoms with van der Waals surface area (Å²) < 4.78 is 10.6. The molecule has 2 rings (SSSR count). The van der Waals surface area contributed by atoms with Crippen LogP contribution in [0.4, 0.5) is 5.00 Å². The molecule has 1 aromatic heterocycles. The van der Waals surface area contributed by atoms with Gasteiger partial charge in [-0.2, -0.15) is 0 Å². The molecule has 0 saturated carbocycles. The molecule has 0 aliphatic carbocycles. The first-order valence-electron chi connectivity index (χ1n) is 7.79. The molecule has 1 aromatic carbocycles. The molecule has 1 heterocycles. The summed E-state index contributed by atoms with van der Waals surface area (Å²) in [6.07, 6.45) is 0. The number of hydrogen-bond acceptors (Lipinski definition) is 5. The van der Waals surface area contributed by atoms with Crippen molar-refractivity contribution in [1.82, 2.24) is 0 Å². The number of carbonyl (C=O) groups is 2. The van der Waals surface area contributed by atoms with Crippen LogP contribution in [-0.4, -0.2) is 25.1 Å². The Morgan fingerprint density at radius 3 is 2.33 bits per heavy atom. The number of carbonyl (C=O) groups excluding carboxylic acids is 2. The highest BCUT2D eigenvalue weighted by Gasteiger charge is 2.24. The maximum absolute atomic E-state index is 12.4. The lowest BCUT2D eigenvalue weighted by atomic mass is 10.0. The predicted molar refractivity (Wildman–Crippen MR) is 95.9 cm³/mol. The molecular weight excluding hydrogens is 326 g/mol. The van der Waals surface area contributed by atoms with Gasteiger partial charge in [-0.05, 0) is 38.5 Å². The third-order valence-electron chi connectivity index (χ3n) is 3.31. The van der Waals surface area contributed by atoms with Crippen molar-refractivity contribution >= 4 is 28.2 Å². The maximum Gasteiger partial charge on any atom is 0.341 e. The van der Waals surface area contributed by atoms with Gasteiger partial charge in [0.1, 0.15) is 16.3 Å². The summed E-state index contributed by atoms with van der Waals surface area (Å²) in [6.45, 7) is 7.89. The average Bonchev–Trinajstić information content (AvgIpc) is 2.84. The number of thiophene rings is 1. The lowest BCUT2D eigenvalue weighted by molar-refractivity contribution is -0.114. The van der Waals surface area contributed by atoms with Crippen LogP contribution in [0.3, 0.4) is 0 Å². The van der Waals surface area contributed by atoms with Gasteiger partial charge in [-0.25, -0.2) is 4.79 Å². The molecule has 0 unspecified atom stereocenters. The molecule has 0 atom stereocenters. The second kappa shape index (κ2) is 7.97. The molecule has 0 radical (unpaired) electrons. The first-order chi connectivity index (χ1) is 11.5. The molecular formula is C18H21NO4S. The van der Waals surface area contributed by atoms with Gasteiger partial charge in [0.15, 0.2) is 0 Å². The number of benzene rings is 1. The standard InChI is InChI=1S/C18H21NO4S/c1-5-22-14-9-7-13(8-10-14)15-11(3)24-17(19-12(4)20)16(15)18(21)23-6-2/h7-10H,5-6H2,1-4H3,(H,19,20). The van der Waals surface area contributed by atoms with Crippen molar-refractivity contribution in [1.29, 1.82) is 0 Å². The van der Waals surface area contributed by atoms with Crippen molar-refractivity contribution in [2.45, 2.75) is 27.7 Å². The van der Waals surface area contributed by atoms with Crippen molar-refractivity contribution in [3.63, 3.8) is 0 Å². The second-order valence-corrected chi connectivity index (χ2v) is 6.32. The summed E-state index contributed by atoms with van der Waals surface area (Å²) in [6, 6.07) is 7.53. The number of ether oxygens (including phenoxy) is 2. The molecule has 2 aromatic rings. The third kappa shape index (κ3) is 3.94. The highest BCUT2D eigenvalue weighted by atomic mass is 32.1. The number of rotatable bonds is 6. The Balaban J connectivity index is 2.52. The Hall–Kier alpha value is -2.34. The van der Waals surface area contributed by atoms with Gasteiger partial charge in [0.25, 0.3) is 0 Å². The van der Waals surface area contributed by atoms with Crippen LogP contribution in [0.5, 0.6) is 5.75 Å². The van der Waals surface area contributed by atoms with Crippen LogP contribution in [0, 0.1) is 6.92 Å². The minimum Gasteiger partial charge on any atom is -0.494 e. The molecule has 0 spiro atoms. The Kier molecular flexibility index (Phi) is 5.98. The molecule has 128 valence electrons. The summed E-state index contributed by atoms with van der Waals surface area (Å²) in [4.78, 5) is 24.8. The van der Waals surface area contributed by atoms with Crippen LogP contribution in [-0.2, 0) is 9.53 Å². The number of amides is 1. The maximum atomic E-state index is 12.4. The Labute approximate surface area is 145 Å². The van der Waals surface area contributed by atoms with E-state index in [4.69, 9.17) is 9.47 Å². The minimum absolute atomic E-state index is 0.222.